The first-order valence-corrected chi connectivity index (χ1v) is 6.21. The minimum Gasteiger partial charge on any atom is -0.383 e. The minimum absolute atomic E-state index is 0.0550. The molecule has 1 heterocycles. The molecule has 0 aliphatic carbocycles. The van der Waals surface area contributed by atoms with Gasteiger partial charge >= 0.3 is 0 Å². The standard InChI is InChI=1S/C13H21N3O3/c1-9(2)12(14)13(18)15-10-4-5-11(17)16(8-10)6-7-19-3/h4-5,8-9,12H,6-7,14H2,1-3H3,(H,15,18)/t12-/m0/s1. The number of hydrogen-bond donors (Lipinski definition) is 2. The van der Waals surface area contributed by atoms with Crippen LogP contribution in [0.1, 0.15) is 13.8 Å². The Kier molecular flexibility index (Phi) is 5.72. The normalized spacial score (nSPS) is 12.5. The van der Waals surface area contributed by atoms with Gasteiger partial charge in [-0.2, -0.15) is 0 Å². The van der Waals surface area contributed by atoms with Crippen molar-refractivity contribution in [1.82, 2.24) is 4.57 Å². The fraction of sp³-hybridized carbons (Fsp3) is 0.538. The van der Waals surface area contributed by atoms with Crippen LogP contribution in [-0.2, 0) is 16.1 Å². The van der Waals surface area contributed by atoms with Gasteiger partial charge in [-0.1, -0.05) is 13.8 Å². The van der Waals surface area contributed by atoms with Gasteiger partial charge < -0.3 is 20.4 Å². The first-order valence-electron chi connectivity index (χ1n) is 6.21. The third-order valence-electron chi connectivity index (χ3n) is 2.81. The number of amides is 1. The van der Waals surface area contributed by atoms with Gasteiger partial charge in [0.25, 0.3) is 5.56 Å². The number of carbonyl (C=O) groups is 1. The molecule has 0 aliphatic heterocycles. The number of carbonyl (C=O) groups excluding carboxylic acids is 1. The van der Waals surface area contributed by atoms with Crippen LogP contribution in [0.15, 0.2) is 23.1 Å². The van der Waals surface area contributed by atoms with Gasteiger partial charge in [-0.25, -0.2) is 0 Å². The molecular formula is C13H21N3O3. The Balaban J connectivity index is 2.79. The Morgan fingerprint density at radius 1 is 1.47 bits per heavy atom. The number of hydrogen-bond acceptors (Lipinski definition) is 4. The maximum atomic E-state index is 11.8. The lowest BCUT2D eigenvalue weighted by Gasteiger charge is -2.16. The van der Waals surface area contributed by atoms with Crippen molar-refractivity contribution in [1.29, 1.82) is 0 Å². The Labute approximate surface area is 112 Å². The van der Waals surface area contributed by atoms with Crippen LogP contribution in [0.3, 0.4) is 0 Å². The molecule has 0 aliphatic rings. The lowest BCUT2D eigenvalue weighted by Crippen LogP contribution is -2.40. The predicted octanol–water partition coefficient (Wildman–Crippen LogP) is 0.416. The Morgan fingerprint density at radius 2 is 2.16 bits per heavy atom. The first kappa shape index (κ1) is 15.4. The van der Waals surface area contributed by atoms with Crippen molar-refractivity contribution in [3.05, 3.63) is 28.7 Å². The summed E-state index contributed by atoms with van der Waals surface area (Å²) in [4.78, 5) is 23.4. The van der Waals surface area contributed by atoms with Crippen LogP contribution >= 0.6 is 0 Å². The second-order valence-corrected chi connectivity index (χ2v) is 4.70. The van der Waals surface area contributed by atoms with E-state index in [0.29, 0.717) is 18.8 Å². The van der Waals surface area contributed by atoms with Crippen molar-refractivity contribution in [3.63, 3.8) is 0 Å². The van der Waals surface area contributed by atoms with Gasteiger partial charge in [-0.3, -0.25) is 9.59 Å². The Hall–Kier alpha value is -1.66. The number of rotatable bonds is 6. The average Bonchev–Trinajstić information content (AvgIpc) is 2.38. The van der Waals surface area contributed by atoms with Crippen molar-refractivity contribution < 1.29 is 9.53 Å². The fourth-order valence-corrected chi connectivity index (χ4v) is 1.50. The van der Waals surface area contributed by atoms with Crippen molar-refractivity contribution in [3.8, 4) is 0 Å². The van der Waals surface area contributed by atoms with E-state index in [1.807, 2.05) is 13.8 Å². The van der Waals surface area contributed by atoms with Crippen LogP contribution < -0.4 is 16.6 Å². The largest absolute Gasteiger partial charge is 0.383 e. The number of nitrogens with two attached hydrogens (primary N) is 1. The maximum Gasteiger partial charge on any atom is 0.250 e. The summed E-state index contributed by atoms with van der Waals surface area (Å²) in [5, 5.41) is 2.70. The average molecular weight is 267 g/mol. The molecular weight excluding hydrogens is 246 g/mol. The molecule has 1 atom stereocenters. The van der Waals surface area contributed by atoms with E-state index >= 15 is 0 Å². The van der Waals surface area contributed by atoms with E-state index < -0.39 is 6.04 Å². The zero-order valence-corrected chi connectivity index (χ0v) is 11.6. The van der Waals surface area contributed by atoms with Crippen molar-refractivity contribution in [2.24, 2.45) is 11.7 Å². The quantitative estimate of drug-likeness (QED) is 0.782. The van der Waals surface area contributed by atoms with E-state index in [4.69, 9.17) is 10.5 Å². The van der Waals surface area contributed by atoms with Gasteiger partial charge in [0.05, 0.1) is 18.3 Å². The summed E-state index contributed by atoms with van der Waals surface area (Å²) in [6.07, 6.45) is 1.59. The van der Waals surface area contributed by atoms with Gasteiger partial charge in [-0.05, 0) is 12.0 Å². The molecule has 106 valence electrons. The lowest BCUT2D eigenvalue weighted by molar-refractivity contribution is -0.118. The number of aromatic nitrogens is 1. The second-order valence-electron chi connectivity index (χ2n) is 4.70. The van der Waals surface area contributed by atoms with Crippen LogP contribution in [-0.4, -0.2) is 30.2 Å². The molecule has 0 spiro atoms. The summed E-state index contributed by atoms with van der Waals surface area (Å²) in [7, 11) is 1.57. The molecule has 0 aromatic carbocycles. The highest BCUT2D eigenvalue weighted by atomic mass is 16.5. The molecule has 0 fully saturated rings. The molecule has 0 saturated carbocycles. The van der Waals surface area contributed by atoms with Gasteiger partial charge in [0, 0.05) is 25.9 Å². The van der Waals surface area contributed by atoms with Gasteiger partial charge in [-0.15, -0.1) is 0 Å². The zero-order chi connectivity index (χ0) is 14.4. The van der Waals surface area contributed by atoms with Crippen LogP contribution in [0, 0.1) is 5.92 Å². The molecule has 0 radical (unpaired) electrons. The number of nitrogens with zero attached hydrogens (tertiary/aromatic N) is 1. The summed E-state index contributed by atoms with van der Waals surface area (Å²) in [6, 6.07) is 2.40. The van der Waals surface area contributed by atoms with E-state index in [1.54, 1.807) is 19.4 Å². The summed E-state index contributed by atoms with van der Waals surface area (Å²) in [6.45, 7) is 4.63. The molecule has 0 unspecified atom stereocenters. The van der Waals surface area contributed by atoms with Gasteiger partial charge in [0.1, 0.15) is 0 Å². The van der Waals surface area contributed by atoms with Crippen LogP contribution in [0.5, 0.6) is 0 Å². The maximum absolute atomic E-state index is 11.8. The van der Waals surface area contributed by atoms with E-state index in [9.17, 15) is 9.59 Å². The SMILES string of the molecule is COCCn1cc(NC(=O)[C@@H](N)C(C)C)ccc1=O. The number of nitrogens with one attached hydrogen (secondary N) is 1. The number of ether oxygens (including phenoxy) is 1. The van der Waals surface area contributed by atoms with Crippen molar-refractivity contribution >= 4 is 11.6 Å². The highest BCUT2D eigenvalue weighted by molar-refractivity contribution is 5.94. The summed E-state index contributed by atoms with van der Waals surface area (Å²) < 4.78 is 6.41. The lowest BCUT2D eigenvalue weighted by atomic mass is 10.1. The first-order chi connectivity index (χ1) is 8.95. The van der Waals surface area contributed by atoms with Crippen molar-refractivity contribution in [2.45, 2.75) is 26.4 Å². The number of anilines is 1. The molecule has 1 aromatic heterocycles. The van der Waals surface area contributed by atoms with Crippen molar-refractivity contribution in [2.75, 3.05) is 19.0 Å². The monoisotopic (exact) mass is 267 g/mol. The fourth-order valence-electron chi connectivity index (χ4n) is 1.50. The minimum atomic E-state index is -0.570. The molecule has 1 aromatic rings. The van der Waals surface area contributed by atoms with Crippen LogP contribution in [0.4, 0.5) is 5.69 Å². The van der Waals surface area contributed by atoms with Gasteiger partial charge in [0.15, 0.2) is 0 Å². The molecule has 6 heteroatoms. The third-order valence-corrected chi connectivity index (χ3v) is 2.81. The smallest absolute Gasteiger partial charge is 0.250 e. The van der Waals surface area contributed by atoms with Crippen LogP contribution in [0.2, 0.25) is 0 Å². The number of pyridine rings is 1. The topological polar surface area (TPSA) is 86.3 Å². The molecule has 3 N–H and O–H groups in total. The molecule has 6 nitrogen and oxygen atoms in total. The molecule has 19 heavy (non-hydrogen) atoms. The summed E-state index contributed by atoms with van der Waals surface area (Å²) in [5.41, 5.74) is 6.17. The van der Waals surface area contributed by atoms with E-state index in [1.165, 1.54) is 10.6 Å². The third kappa shape index (κ3) is 4.50. The second kappa shape index (κ2) is 7.06. The predicted molar refractivity (Wildman–Crippen MR) is 74.0 cm³/mol. The summed E-state index contributed by atoms with van der Waals surface area (Å²) >= 11 is 0. The highest BCUT2D eigenvalue weighted by Gasteiger charge is 2.17. The van der Waals surface area contributed by atoms with E-state index in [-0.39, 0.29) is 17.4 Å². The molecule has 1 rings (SSSR count). The van der Waals surface area contributed by atoms with E-state index in [0.717, 1.165) is 0 Å². The Bertz CT molecular complexity index is 482. The number of methoxy groups -OCH3 is 1. The molecule has 0 saturated heterocycles. The molecule has 0 bridgehead atoms. The Morgan fingerprint density at radius 3 is 2.74 bits per heavy atom. The van der Waals surface area contributed by atoms with Crippen LogP contribution in [0.25, 0.3) is 0 Å². The van der Waals surface area contributed by atoms with Gasteiger partial charge in [0.2, 0.25) is 5.91 Å². The highest BCUT2D eigenvalue weighted by Crippen LogP contribution is 2.06. The summed E-state index contributed by atoms with van der Waals surface area (Å²) in [5.74, 6) is -0.202. The molecule has 1 amide bonds. The zero-order valence-electron chi connectivity index (χ0n) is 11.6. The van der Waals surface area contributed by atoms with E-state index in [2.05, 4.69) is 5.32 Å².